The van der Waals surface area contributed by atoms with E-state index in [9.17, 15) is 9.59 Å². The molecule has 0 saturated heterocycles. The van der Waals surface area contributed by atoms with E-state index in [-0.39, 0.29) is 11.7 Å². The largest absolute Gasteiger partial charge is 0.337 e. The first kappa shape index (κ1) is 16.1. The Hall–Kier alpha value is -2.79. The molecule has 0 aliphatic rings. The quantitative estimate of drug-likeness (QED) is 0.668. The number of benzene rings is 1. The summed E-state index contributed by atoms with van der Waals surface area (Å²) in [7, 11) is 1.73. The molecule has 2 heterocycles. The van der Waals surface area contributed by atoms with Gasteiger partial charge >= 0.3 is 0 Å². The monoisotopic (exact) mass is 336 g/mol. The minimum atomic E-state index is -0.174. The van der Waals surface area contributed by atoms with Gasteiger partial charge < -0.3 is 4.90 Å². The number of nitrogens with zero attached hydrogens (tertiary/aromatic N) is 2. The van der Waals surface area contributed by atoms with Crippen molar-refractivity contribution in [2.24, 2.45) is 0 Å². The van der Waals surface area contributed by atoms with E-state index in [1.807, 2.05) is 23.6 Å². The first-order chi connectivity index (χ1) is 11.7. The van der Waals surface area contributed by atoms with Crippen LogP contribution < -0.4 is 0 Å². The van der Waals surface area contributed by atoms with Crippen LogP contribution in [0.4, 0.5) is 0 Å². The second kappa shape index (κ2) is 7.19. The molecular weight excluding hydrogens is 320 g/mol. The molecule has 4 nitrogen and oxygen atoms in total. The highest BCUT2D eigenvalue weighted by molar-refractivity contribution is 7.12. The van der Waals surface area contributed by atoms with Crippen molar-refractivity contribution in [3.63, 3.8) is 0 Å². The van der Waals surface area contributed by atoms with Crippen molar-refractivity contribution in [1.82, 2.24) is 9.88 Å². The number of hydrogen-bond acceptors (Lipinski definition) is 4. The highest BCUT2D eigenvalue weighted by atomic mass is 32.1. The third kappa shape index (κ3) is 3.41. The van der Waals surface area contributed by atoms with Crippen molar-refractivity contribution < 1.29 is 9.59 Å². The number of hydrogen-bond donors (Lipinski definition) is 0. The predicted octanol–water partition coefficient (Wildman–Crippen LogP) is 3.65. The highest BCUT2D eigenvalue weighted by Gasteiger charge is 2.21. The summed E-state index contributed by atoms with van der Waals surface area (Å²) in [6.45, 7) is 0.461. The third-order valence-electron chi connectivity index (χ3n) is 3.66. The van der Waals surface area contributed by atoms with Gasteiger partial charge in [0, 0.05) is 31.5 Å². The van der Waals surface area contributed by atoms with Gasteiger partial charge in [0.25, 0.3) is 5.91 Å². The lowest BCUT2D eigenvalue weighted by Gasteiger charge is -2.18. The second-order valence-corrected chi connectivity index (χ2v) is 6.32. The number of thiophene rings is 1. The third-order valence-corrected chi connectivity index (χ3v) is 4.53. The minimum Gasteiger partial charge on any atom is -0.337 e. The van der Waals surface area contributed by atoms with Crippen LogP contribution in [0.5, 0.6) is 0 Å². The minimum absolute atomic E-state index is 0.119. The topological polar surface area (TPSA) is 50.3 Å². The molecule has 0 fully saturated rings. The molecular formula is C19H16N2O2S. The van der Waals surface area contributed by atoms with Crippen LogP contribution in [0.3, 0.4) is 0 Å². The normalized spacial score (nSPS) is 10.4. The lowest BCUT2D eigenvalue weighted by atomic mass is 10.0. The first-order valence-electron chi connectivity index (χ1n) is 7.48. The Labute approximate surface area is 144 Å². The predicted molar refractivity (Wildman–Crippen MR) is 94.2 cm³/mol. The van der Waals surface area contributed by atoms with Gasteiger partial charge in [-0.2, -0.15) is 0 Å². The summed E-state index contributed by atoms with van der Waals surface area (Å²) in [5.74, 6) is -0.293. The summed E-state index contributed by atoms with van der Waals surface area (Å²) < 4.78 is 0. The maximum Gasteiger partial charge on any atom is 0.254 e. The van der Waals surface area contributed by atoms with Gasteiger partial charge in [-0.15, -0.1) is 11.3 Å². The van der Waals surface area contributed by atoms with Crippen LogP contribution >= 0.6 is 11.3 Å². The van der Waals surface area contributed by atoms with Crippen molar-refractivity contribution in [2.75, 3.05) is 7.05 Å². The fourth-order valence-electron chi connectivity index (χ4n) is 2.45. The molecule has 24 heavy (non-hydrogen) atoms. The van der Waals surface area contributed by atoms with Gasteiger partial charge in [-0.05, 0) is 35.2 Å². The van der Waals surface area contributed by atoms with E-state index in [1.165, 1.54) is 11.3 Å². The van der Waals surface area contributed by atoms with Crippen LogP contribution in [0.15, 0.2) is 66.3 Å². The lowest BCUT2D eigenvalue weighted by Crippen LogP contribution is -2.27. The molecule has 0 bridgehead atoms. The molecule has 0 N–H and O–H groups in total. The Balaban J connectivity index is 1.86. The van der Waals surface area contributed by atoms with Crippen molar-refractivity contribution in [3.8, 4) is 0 Å². The van der Waals surface area contributed by atoms with Gasteiger partial charge in [-0.3, -0.25) is 14.6 Å². The number of carbonyl (C=O) groups excluding carboxylic acids is 2. The molecule has 0 atom stereocenters. The molecule has 1 amide bonds. The molecule has 5 heteroatoms. The summed E-state index contributed by atoms with van der Waals surface area (Å²) in [6.07, 6.45) is 3.39. The average molecular weight is 336 g/mol. The highest BCUT2D eigenvalue weighted by Crippen LogP contribution is 2.20. The summed E-state index contributed by atoms with van der Waals surface area (Å²) in [5, 5.41) is 1.85. The zero-order valence-corrected chi connectivity index (χ0v) is 14.0. The maximum atomic E-state index is 12.8. The van der Waals surface area contributed by atoms with Crippen LogP contribution in [0.2, 0.25) is 0 Å². The van der Waals surface area contributed by atoms with E-state index in [4.69, 9.17) is 0 Å². The lowest BCUT2D eigenvalue weighted by molar-refractivity contribution is 0.0780. The Morgan fingerprint density at radius 3 is 2.38 bits per heavy atom. The zero-order chi connectivity index (χ0) is 16.9. The fourth-order valence-corrected chi connectivity index (χ4v) is 3.13. The number of ketones is 1. The van der Waals surface area contributed by atoms with Crippen LogP contribution in [0, 0.1) is 0 Å². The fraction of sp³-hybridized carbons (Fsp3) is 0.105. The standard InChI is InChI=1S/C19H16N2O2S/c1-21(13-14-8-10-20-11-9-14)19(23)16-6-3-2-5-15(16)18(22)17-7-4-12-24-17/h2-12H,13H2,1H3. The van der Waals surface area contributed by atoms with Gasteiger partial charge in [0.05, 0.1) is 10.4 Å². The molecule has 120 valence electrons. The Kier molecular flexibility index (Phi) is 4.82. The number of pyridine rings is 1. The average Bonchev–Trinajstić information content (AvgIpc) is 3.16. The van der Waals surface area contributed by atoms with E-state index in [0.717, 1.165) is 5.56 Å². The number of rotatable bonds is 5. The van der Waals surface area contributed by atoms with E-state index < -0.39 is 0 Å². The Bertz CT molecular complexity index is 845. The number of aromatic nitrogens is 1. The SMILES string of the molecule is CN(Cc1ccncc1)C(=O)c1ccccc1C(=O)c1cccs1. The second-order valence-electron chi connectivity index (χ2n) is 5.37. The smallest absolute Gasteiger partial charge is 0.254 e. The van der Waals surface area contributed by atoms with E-state index in [2.05, 4.69) is 4.98 Å². The van der Waals surface area contributed by atoms with E-state index in [0.29, 0.717) is 22.5 Å². The maximum absolute atomic E-state index is 12.8. The molecule has 0 aliphatic heterocycles. The van der Waals surface area contributed by atoms with Crippen LogP contribution in [-0.4, -0.2) is 28.6 Å². The Morgan fingerprint density at radius 1 is 1.00 bits per heavy atom. The van der Waals surface area contributed by atoms with Crippen molar-refractivity contribution in [1.29, 1.82) is 0 Å². The summed E-state index contributed by atoms with van der Waals surface area (Å²) in [4.78, 5) is 31.7. The molecule has 3 aromatic rings. The molecule has 0 aliphatic carbocycles. The van der Waals surface area contributed by atoms with Gasteiger partial charge in [0.15, 0.2) is 0 Å². The molecule has 0 unspecified atom stereocenters. The van der Waals surface area contributed by atoms with Gasteiger partial charge in [0.1, 0.15) is 0 Å². The molecule has 0 radical (unpaired) electrons. The zero-order valence-electron chi connectivity index (χ0n) is 13.2. The molecule has 0 saturated carbocycles. The van der Waals surface area contributed by atoms with Crippen molar-refractivity contribution in [3.05, 3.63) is 87.9 Å². The molecule has 1 aromatic carbocycles. The van der Waals surface area contributed by atoms with Gasteiger partial charge in [-0.25, -0.2) is 0 Å². The van der Waals surface area contributed by atoms with Crippen molar-refractivity contribution in [2.45, 2.75) is 6.54 Å². The molecule has 3 rings (SSSR count). The van der Waals surface area contributed by atoms with E-state index >= 15 is 0 Å². The van der Waals surface area contributed by atoms with Crippen LogP contribution in [-0.2, 0) is 6.54 Å². The molecule has 2 aromatic heterocycles. The van der Waals surface area contributed by atoms with Crippen LogP contribution in [0.1, 0.15) is 31.2 Å². The Morgan fingerprint density at radius 2 is 1.71 bits per heavy atom. The summed E-state index contributed by atoms with van der Waals surface area (Å²) in [6, 6.07) is 14.3. The summed E-state index contributed by atoms with van der Waals surface area (Å²) in [5.41, 5.74) is 1.85. The van der Waals surface area contributed by atoms with Gasteiger partial charge in [0.2, 0.25) is 5.78 Å². The molecule has 0 spiro atoms. The van der Waals surface area contributed by atoms with Gasteiger partial charge in [-0.1, -0.05) is 24.3 Å². The van der Waals surface area contributed by atoms with Crippen LogP contribution in [0.25, 0.3) is 0 Å². The van der Waals surface area contributed by atoms with Crippen molar-refractivity contribution >= 4 is 23.0 Å². The number of carbonyl (C=O) groups is 2. The van der Waals surface area contributed by atoms with E-state index in [1.54, 1.807) is 54.7 Å². The number of amides is 1. The summed E-state index contributed by atoms with van der Waals surface area (Å²) >= 11 is 1.38. The first-order valence-corrected chi connectivity index (χ1v) is 8.36.